The molecular formula is C14H20O2. The standard InChI is InChI=1S/C14H20O2/c1-16-13-9-5-8-12(10-13)14(15)11-6-3-2-4-7-11/h5,8-11,14-15H,2-4,6-7H2,1H3/t14-/m0/s1. The first kappa shape index (κ1) is 11.5. The number of aliphatic hydroxyl groups excluding tert-OH is 1. The summed E-state index contributed by atoms with van der Waals surface area (Å²) in [5, 5.41) is 10.3. The summed E-state index contributed by atoms with van der Waals surface area (Å²) >= 11 is 0. The second-order valence-corrected chi connectivity index (χ2v) is 4.62. The second-order valence-electron chi connectivity index (χ2n) is 4.62. The van der Waals surface area contributed by atoms with Crippen molar-refractivity contribution in [1.82, 2.24) is 0 Å². The summed E-state index contributed by atoms with van der Waals surface area (Å²) in [4.78, 5) is 0. The Morgan fingerprint density at radius 1 is 1.25 bits per heavy atom. The van der Waals surface area contributed by atoms with E-state index in [0.29, 0.717) is 5.92 Å². The maximum Gasteiger partial charge on any atom is 0.119 e. The Balaban J connectivity index is 2.09. The SMILES string of the molecule is COc1cccc([C@@H](O)C2CCCCC2)c1. The Labute approximate surface area is 97.3 Å². The number of ether oxygens (including phenoxy) is 1. The van der Waals surface area contributed by atoms with Crippen LogP contribution in [-0.4, -0.2) is 12.2 Å². The minimum absolute atomic E-state index is 0.324. The van der Waals surface area contributed by atoms with Gasteiger partial charge in [0.25, 0.3) is 0 Å². The average molecular weight is 220 g/mol. The first-order valence-corrected chi connectivity index (χ1v) is 6.13. The summed E-state index contributed by atoms with van der Waals surface area (Å²) in [7, 11) is 1.66. The van der Waals surface area contributed by atoms with Crippen molar-refractivity contribution in [2.45, 2.75) is 38.2 Å². The molecule has 1 aliphatic carbocycles. The molecule has 1 aliphatic rings. The van der Waals surface area contributed by atoms with Crippen molar-refractivity contribution in [3.8, 4) is 5.75 Å². The molecule has 0 amide bonds. The van der Waals surface area contributed by atoms with Gasteiger partial charge in [0.1, 0.15) is 5.75 Å². The number of rotatable bonds is 3. The van der Waals surface area contributed by atoms with E-state index in [1.54, 1.807) is 7.11 Å². The monoisotopic (exact) mass is 220 g/mol. The molecule has 0 heterocycles. The lowest BCUT2D eigenvalue weighted by Gasteiger charge is -2.26. The number of hydrogen-bond donors (Lipinski definition) is 1. The van der Waals surface area contributed by atoms with Crippen molar-refractivity contribution in [3.05, 3.63) is 29.8 Å². The number of methoxy groups -OCH3 is 1. The first-order chi connectivity index (χ1) is 7.81. The zero-order valence-corrected chi connectivity index (χ0v) is 9.86. The maximum absolute atomic E-state index is 10.3. The zero-order valence-electron chi connectivity index (χ0n) is 9.86. The lowest BCUT2D eigenvalue weighted by molar-refractivity contribution is 0.0846. The van der Waals surface area contributed by atoms with Gasteiger partial charge in [0.05, 0.1) is 13.2 Å². The van der Waals surface area contributed by atoms with Gasteiger partial charge < -0.3 is 9.84 Å². The smallest absolute Gasteiger partial charge is 0.119 e. The normalized spacial score (nSPS) is 19.4. The molecule has 0 bridgehead atoms. The van der Waals surface area contributed by atoms with Crippen LogP contribution in [0.3, 0.4) is 0 Å². The lowest BCUT2D eigenvalue weighted by atomic mass is 9.83. The molecule has 0 saturated heterocycles. The van der Waals surface area contributed by atoms with Crippen molar-refractivity contribution >= 4 is 0 Å². The topological polar surface area (TPSA) is 29.5 Å². The second kappa shape index (κ2) is 5.35. The molecule has 0 radical (unpaired) electrons. The average Bonchev–Trinajstić information content (AvgIpc) is 2.39. The van der Waals surface area contributed by atoms with Crippen molar-refractivity contribution < 1.29 is 9.84 Å². The lowest BCUT2D eigenvalue weighted by Crippen LogP contribution is -2.15. The Morgan fingerprint density at radius 3 is 2.69 bits per heavy atom. The van der Waals surface area contributed by atoms with Gasteiger partial charge in [0.15, 0.2) is 0 Å². The summed E-state index contributed by atoms with van der Waals surface area (Å²) in [6.45, 7) is 0. The molecule has 1 saturated carbocycles. The van der Waals surface area contributed by atoms with Crippen LogP contribution in [0, 0.1) is 5.92 Å². The number of benzene rings is 1. The Kier molecular flexibility index (Phi) is 3.83. The van der Waals surface area contributed by atoms with Gasteiger partial charge in [-0.05, 0) is 36.5 Å². The highest BCUT2D eigenvalue weighted by atomic mass is 16.5. The third-order valence-electron chi connectivity index (χ3n) is 3.53. The summed E-state index contributed by atoms with van der Waals surface area (Å²) in [6.07, 6.45) is 5.81. The van der Waals surface area contributed by atoms with Crippen LogP contribution >= 0.6 is 0 Å². The highest BCUT2D eigenvalue weighted by Gasteiger charge is 2.23. The van der Waals surface area contributed by atoms with Crippen LogP contribution in [0.2, 0.25) is 0 Å². The van der Waals surface area contributed by atoms with Crippen LogP contribution < -0.4 is 4.74 Å². The molecule has 0 aromatic heterocycles. The molecule has 0 aliphatic heterocycles. The largest absolute Gasteiger partial charge is 0.497 e. The van der Waals surface area contributed by atoms with Crippen LogP contribution in [0.4, 0.5) is 0 Å². The molecule has 2 nitrogen and oxygen atoms in total. The number of aliphatic hydroxyl groups is 1. The maximum atomic E-state index is 10.3. The van der Waals surface area contributed by atoms with Crippen molar-refractivity contribution in [1.29, 1.82) is 0 Å². The Hall–Kier alpha value is -1.02. The van der Waals surface area contributed by atoms with Gasteiger partial charge in [0.2, 0.25) is 0 Å². The Morgan fingerprint density at radius 2 is 2.00 bits per heavy atom. The van der Waals surface area contributed by atoms with E-state index in [4.69, 9.17) is 4.74 Å². The zero-order chi connectivity index (χ0) is 11.4. The van der Waals surface area contributed by atoms with E-state index in [-0.39, 0.29) is 6.10 Å². The molecular weight excluding hydrogens is 200 g/mol. The minimum Gasteiger partial charge on any atom is -0.497 e. The van der Waals surface area contributed by atoms with Gasteiger partial charge in [-0.1, -0.05) is 31.4 Å². The van der Waals surface area contributed by atoms with Gasteiger partial charge in [-0.3, -0.25) is 0 Å². The van der Waals surface area contributed by atoms with E-state index >= 15 is 0 Å². The molecule has 1 N–H and O–H groups in total. The molecule has 2 heteroatoms. The van der Waals surface area contributed by atoms with Crippen LogP contribution in [0.25, 0.3) is 0 Å². The summed E-state index contributed by atoms with van der Waals surface area (Å²) in [5.74, 6) is 1.26. The third-order valence-corrected chi connectivity index (χ3v) is 3.53. The van der Waals surface area contributed by atoms with E-state index in [1.807, 2.05) is 24.3 Å². The van der Waals surface area contributed by atoms with Gasteiger partial charge in [-0.15, -0.1) is 0 Å². The van der Waals surface area contributed by atoms with Crippen molar-refractivity contribution in [2.24, 2.45) is 5.92 Å². The number of hydrogen-bond acceptors (Lipinski definition) is 2. The van der Waals surface area contributed by atoms with Crippen LogP contribution in [0.15, 0.2) is 24.3 Å². The van der Waals surface area contributed by atoms with Gasteiger partial charge in [-0.2, -0.15) is 0 Å². The molecule has 0 unspecified atom stereocenters. The van der Waals surface area contributed by atoms with Crippen LogP contribution in [0.1, 0.15) is 43.8 Å². The van der Waals surface area contributed by atoms with Crippen LogP contribution in [-0.2, 0) is 0 Å². The van der Waals surface area contributed by atoms with Gasteiger partial charge >= 0.3 is 0 Å². The summed E-state index contributed by atoms with van der Waals surface area (Å²) < 4.78 is 5.18. The summed E-state index contributed by atoms with van der Waals surface area (Å²) in [6, 6.07) is 7.79. The fraction of sp³-hybridized carbons (Fsp3) is 0.571. The predicted molar refractivity (Wildman–Crippen MR) is 64.5 cm³/mol. The van der Waals surface area contributed by atoms with Gasteiger partial charge in [0, 0.05) is 0 Å². The third kappa shape index (κ3) is 2.56. The fourth-order valence-electron chi connectivity index (χ4n) is 2.55. The van der Waals surface area contributed by atoms with Gasteiger partial charge in [-0.25, -0.2) is 0 Å². The molecule has 2 rings (SSSR count). The Bertz CT molecular complexity index is 329. The van der Waals surface area contributed by atoms with Crippen LogP contribution in [0.5, 0.6) is 5.75 Å². The highest BCUT2D eigenvalue weighted by molar-refractivity contribution is 5.30. The molecule has 1 aromatic rings. The molecule has 0 spiro atoms. The predicted octanol–water partition coefficient (Wildman–Crippen LogP) is 3.31. The van der Waals surface area contributed by atoms with Crippen molar-refractivity contribution in [3.63, 3.8) is 0 Å². The molecule has 16 heavy (non-hydrogen) atoms. The molecule has 1 atom stereocenters. The molecule has 1 fully saturated rings. The summed E-state index contributed by atoms with van der Waals surface area (Å²) in [5.41, 5.74) is 0.992. The quantitative estimate of drug-likeness (QED) is 0.846. The molecule has 88 valence electrons. The van der Waals surface area contributed by atoms with E-state index in [0.717, 1.165) is 24.2 Å². The van der Waals surface area contributed by atoms with E-state index in [1.165, 1.54) is 19.3 Å². The minimum atomic E-state index is -0.324. The first-order valence-electron chi connectivity index (χ1n) is 6.13. The van der Waals surface area contributed by atoms with E-state index in [9.17, 15) is 5.11 Å². The van der Waals surface area contributed by atoms with E-state index < -0.39 is 0 Å². The van der Waals surface area contributed by atoms with E-state index in [2.05, 4.69) is 0 Å². The fourth-order valence-corrected chi connectivity index (χ4v) is 2.55. The van der Waals surface area contributed by atoms with Crippen molar-refractivity contribution in [2.75, 3.05) is 7.11 Å². The highest BCUT2D eigenvalue weighted by Crippen LogP contribution is 2.35. The molecule has 1 aromatic carbocycles.